The Morgan fingerprint density at radius 1 is 1.28 bits per heavy atom. The second-order valence-corrected chi connectivity index (χ2v) is 6.70. The van der Waals surface area contributed by atoms with E-state index in [1.165, 1.54) is 10.9 Å². The summed E-state index contributed by atoms with van der Waals surface area (Å²) in [6.07, 6.45) is 4.32. The van der Waals surface area contributed by atoms with E-state index < -0.39 is 5.97 Å². The molecule has 0 aliphatic heterocycles. The van der Waals surface area contributed by atoms with E-state index in [4.69, 9.17) is 16.7 Å². The van der Waals surface area contributed by atoms with Gasteiger partial charge in [0.25, 0.3) is 0 Å². The number of hydrogen-bond acceptors (Lipinski definition) is 4. The zero-order valence-electron chi connectivity index (χ0n) is 13.6. The lowest BCUT2D eigenvalue weighted by Crippen LogP contribution is -2.37. The minimum Gasteiger partial charge on any atom is -0.476 e. The lowest BCUT2D eigenvalue weighted by molar-refractivity contribution is -0.132. The number of carbonyl (C=O) groups is 2. The summed E-state index contributed by atoms with van der Waals surface area (Å²) >= 11 is 5.89. The first-order chi connectivity index (χ1) is 12.0. The number of amides is 1. The zero-order chi connectivity index (χ0) is 17.8. The minimum atomic E-state index is -1.16. The van der Waals surface area contributed by atoms with Gasteiger partial charge in [-0.2, -0.15) is 0 Å². The summed E-state index contributed by atoms with van der Waals surface area (Å²) < 4.78 is 1.27. The molecule has 0 atom stereocenters. The van der Waals surface area contributed by atoms with Crippen molar-refractivity contribution < 1.29 is 14.7 Å². The number of aromatic carboxylic acids is 1. The highest BCUT2D eigenvalue weighted by molar-refractivity contribution is 6.30. The van der Waals surface area contributed by atoms with Gasteiger partial charge in [0.1, 0.15) is 6.54 Å². The number of halogens is 1. The molecule has 1 aromatic carbocycles. The molecule has 0 unspecified atom stereocenters. The summed E-state index contributed by atoms with van der Waals surface area (Å²) in [5, 5.41) is 16.8. The van der Waals surface area contributed by atoms with Crippen LogP contribution in [0.25, 0.3) is 0 Å². The molecule has 1 aliphatic carbocycles. The second kappa shape index (κ2) is 7.65. The zero-order valence-corrected chi connectivity index (χ0v) is 14.4. The van der Waals surface area contributed by atoms with Crippen molar-refractivity contribution in [1.29, 1.82) is 0 Å². The molecule has 1 amide bonds. The summed E-state index contributed by atoms with van der Waals surface area (Å²) in [6.45, 7) is 1.33. The normalized spacial score (nSPS) is 13.6. The first-order valence-corrected chi connectivity index (χ1v) is 8.54. The van der Waals surface area contributed by atoms with Crippen molar-refractivity contribution in [3.8, 4) is 0 Å². The summed E-state index contributed by atoms with van der Waals surface area (Å²) in [7, 11) is 0. The molecule has 7 nitrogen and oxygen atoms in total. The molecule has 0 spiro atoms. The molecule has 8 heteroatoms. The number of carboxylic acid groups (broad SMARTS) is 1. The Morgan fingerprint density at radius 2 is 2.00 bits per heavy atom. The quantitative estimate of drug-likeness (QED) is 0.777. The van der Waals surface area contributed by atoms with E-state index in [0.717, 1.165) is 31.4 Å². The number of carboxylic acids is 1. The average Bonchev–Trinajstić information content (AvgIpc) is 3.28. The van der Waals surface area contributed by atoms with Crippen LogP contribution in [0.2, 0.25) is 5.02 Å². The molecule has 132 valence electrons. The van der Waals surface area contributed by atoms with E-state index in [1.807, 2.05) is 29.2 Å². The third-order valence-corrected chi connectivity index (χ3v) is 4.42. The van der Waals surface area contributed by atoms with Crippen LogP contribution < -0.4 is 0 Å². The first-order valence-electron chi connectivity index (χ1n) is 8.17. The van der Waals surface area contributed by atoms with E-state index in [1.54, 1.807) is 0 Å². The molecule has 1 saturated carbocycles. The number of nitrogens with zero attached hydrogens (tertiary/aromatic N) is 4. The van der Waals surface area contributed by atoms with Crippen molar-refractivity contribution in [2.75, 3.05) is 13.1 Å². The van der Waals surface area contributed by atoms with Crippen LogP contribution in [0.1, 0.15) is 28.9 Å². The summed E-state index contributed by atoms with van der Waals surface area (Å²) in [6, 6.07) is 7.59. The van der Waals surface area contributed by atoms with Gasteiger partial charge in [-0.3, -0.25) is 4.79 Å². The van der Waals surface area contributed by atoms with Gasteiger partial charge in [0, 0.05) is 18.1 Å². The van der Waals surface area contributed by atoms with Gasteiger partial charge in [-0.05, 0) is 42.9 Å². The average molecular weight is 363 g/mol. The van der Waals surface area contributed by atoms with Crippen molar-refractivity contribution in [3.05, 3.63) is 46.7 Å². The Labute approximate surface area is 150 Å². The fraction of sp³-hybridized carbons (Fsp3) is 0.412. The van der Waals surface area contributed by atoms with Gasteiger partial charge in [-0.25, -0.2) is 9.48 Å². The smallest absolute Gasteiger partial charge is 0.358 e. The molecule has 25 heavy (non-hydrogen) atoms. The van der Waals surface area contributed by atoms with E-state index in [2.05, 4.69) is 10.3 Å². The van der Waals surface area contributed by atoms with Crippen LogP contribution in [-0.2, 0) is 17.8 Å². The highest BCUT2D eigenvalue weighted by atomic mass is 35.5. The van der Waals surface area contributed by atoms with E-state index in [9.17, 15) is 9.59 Å². The Bertz CT molecular complexity index is 756. The van der Waals surface area contributed by atoms with Crippen LogP contribution in [-0.4, -0.2) is 50.0 Å². The molecule has 0 saturated heterocycles. The molecule has 1 aromatic heterocycles. The predicted molar refractivity (Wildman–Crippen MR) is 91.4 cm³/mol. The topological polar surface area (TPSA) is 88.3 Å². The molecule has 1 N–H and O–H groups in total. The Kier molecular flexibility index (Phi) is 5.33. The Balaban J connectivity index is 1.61. The molecule has 1 aliphatic rings. The van der Waals surface area contributed by atoms with Crippen LogP contribution in [0.4, 0.5) is 0 Å². The van der Waals surface area contributed by atoms with Crippen molar-refractivity contribution in [2.24, 2.45) is 5.92 Å². The van der Waals surface area contributed by atoms with Crippen LogP contribution in [0, 0.1) is 5.92 Å². The number of rotatable bonds is 8. The molecule has 2 aromatic rings. The maximum absolute atomic E-state index is 12.6. The third kappa shape index (κ3) is 5.03. The maximum Gasteiger partial charge on any atom is 0.358 e. The molecule has 3 rings (SSSR count). The van der Waals surface area contributed by atoms with Gasteiger partial charge in [0.05, 0.1) is 6.20 Å². The van der Waals surface area contributed by atoms with Crippen molar-refractivity contribution in [3.63, 3.8) is 0 Å². The van der Waals surface area contributed by atoms with Crippen LogP contribution >= 0.6 is 11.6 Å². The lowest BCUT2D eigenvalue weighted by Gasteiger charge is -2.22. The lowest BCUT2D eigenvalue weighted by atomic mass is 10.1. The summed E-state index contributed by atoms with van der Waals surface area (Å²) in [5.74, 6) is -0.668. The van der Waals surface area contributed by atoms with Gasteiger partial charge in [0.15, 0.2) is 5.69 Å². The van der Waals surface area contributed by atoms with E-state index >= 15 is 0 Å². The maximum atomic E-state index is 12.6. The molecule has 0 bridgehead atoms. The van der Waals surface area contributed by atoms with Gasteiger partial charge < -0.3 is 10.0 Å². The summed E-state index contributed by atoms with van der Waals surface area (Å²) in [5.41, 5.74) is 0.953. The molecule has 0 radical (unpaired) electrons. The van der Waals surface area contributed by atoms with Crippen LogP contribution in [0.3, 0.4) is 0 Å². The number of benzene rings is 1. The first kappa shape index (κ1) is 17.4. The van der Waals surface area contributed by atoms with Gasteiger partial charge in [-0.1, -0.05) is 28.9 Å². The van der Waals surface area contributed by atoms with Crippen molar-refractivity contribution >= 4 is 23.5 Å². The van der Waals surface area contributed by atoms with Gasteiger partial charge in [0.2, 0.25) is 5.91 Å². The van der Waals surface area contributed by atoms with Gasteiger partial charge in [-0.15, -0.1) is 5.10 Å². The minimum absolute atomic E-state index is 0.00633. The van der Waals surface area contributed by atoms with E-state index in [0.29, 0.717) is 17.5 Å². The largest absolute Gasteiger partial charge is 0.476 e. The Hall–Kier alpha value is -2.41. The molecular formula is C17H19ClN4O3. The Morgan fingerprint density at radius 3 is 2.60 bits per heavy atom. The number of carbonyl (C=O) groups excluding carboxylic acids is 1. The van der Waals surface area contributed by atoms with Crippen molar-refractivity contribution in [1.82, 2.24) is 19.9 Å². The third-order valence-electron chi connectivity index (χ3n) is 4.17. The molecule has 1 heterocycles. The van der Waals surface area contributed by atoms with Crippen LogP contribution in [0.15, 0.2) is 30.5 Å². The summed E-state index contributed by atoms with van der Waals surface area (Å²) in [4.78, 5) is 25.3. The van der Waals surface area contributed by atoms with Crippen molar-refractivity contribution in [2.45, 2.75) is 25.8 Å². The fourth-order valence-electron chi connectivity index (χ4n) is 2.56. The number of aromatic nitrogens is 3. The highest BCUT2D eigenvalue weighted by Crippen LogP contribution is 2.29. The standard InChI is InChI=1S/C17H19ClN4O3/c18-14-5-3-12(4-6-14)7-8-21(9-13-1-2-13)16(23)11-22-10-15(17(24)25)19-20-22/h3-6,10,13H,1-2,7-9,11H2,(H,24,25). The van der Waals surface area contributed by atoms with E-state index in [-0.39, 0.29) is 18.1 Å². The van der Waals surface area contributed by atoms with Gasteiger partial charge >= 0.3 is 5.97 Å². The van der Waals surface area contributed by atoms with Crippen LogP contribution in [0.5, 0.6) is 0 Å². The highest BCUT2D eigenvalue weighted by Gasteiger charge is 2.27. The monoisotopic (exact) mass is 362 g/mol. The number of hydrogen-bond donors (Lipinski definition) is 1. The predicted octanol–water partition coefficient (Wildman–Crippen LogP) is 2.11. The molecule has 1 fully saturated rings. The second-order valence-electron chi connectivity index (χ2n) is 6.27. The molecular weight excluding hydrogens is 344 g/mol. The SMILES string of the molecule is O=C(O)c1cn(CC(=O)N(CCc2ccc(Cl)cc2)CC2CC2)nn1. The fourth-order valence-corrected chi connectivity index (χ4v) is 2.68.